The van der Waals surface area contributed by atoms with E-state index in [0.717, 1.165) is 29.9 Å². The molecule has 170 valence electrons. The summed E-state index contributed by atoms with van der Waals surface area (Å²) in [5, 5.41) is 30.2. The quantitative estimate of drug-likeness (QED) is 0.520. The Hall–Kier alpha value is -0.900. The SMILES string of the molecule is C=C1/C(=C\C=C2/CCC[C@]3(C)[C@@H]2CC[C@H]3[C@@H](C)CCCC(C)(C)O)C[C@H](O)C[C@@H]1O. The summed E-state index contributed by atoms with van der Waals surface area (Å²) in [7, 11) is 0. The second-order valence-electron chi connectivity index (χ2n) is 11.3. The fraction of sp³-hybridized carbons (Fsp3) is 0.778. The van der Waals surface area contributed by atoms with Crippen molar-refractivity contribution in [3.63, 3.8) is 0 Å². The van der Waals surface area contributed by atoms with Gasteiger partial charge in [0.05, 0.1) is 17.8 Å². The molecule has 0 heterocycles. The van der Waals surface area contributed by atoms with E-state index < -0.39 is 17.8 Å². The topological polar surface area (TPSA) is 60.7 Å². The first-order valence-corrected chi connectivity index (χ1v) is 12.2. The summed E-state index contributed by atoms with van der Waals surface area (Å²) < 4.78 is 0. The van der Waals surface area contributed by atoms with Crippen LogP contribution in [0.4, 0.5) is 0 Å². The summed E-state index contributed by atoms with van der Waals surface area (Å²) >= 11 is 0. The first-order valence-electron chi connectivity index (χ1n) is 12.2. The second-order valence-corrected chi connectivity index (χ2v) is 11.3. The number of hydrogen-bond acceptors (Lipinski definition) is 3. The Labute approximate surface area is 184 Å². The molecule has 3 aliphatic rings. The monoisotopic (exact) mass is 416 g/mol. The molecule has 0 aromatic heterocycles. The van der Waals surface area contributed by atoms with Gasteiger partial charge in [-0.05, 0) is 93.1 Å². The average molecular weight is 417 g/mol. The molecule has 3 aliphatic carbocycles. The highest BCUT2D eigenvalue weighted by molar-refractivity contribution is 5.38. The average Bonchev–Trinajstić information content (AvgIpc) is 3.00. The highest BCUT2D eigenvalue weighted by atomic mass is 16.3. The molecule has 0 amide bonds. The molecule has 3 rings (SSSR count). The van der Waals surface area contributed by atoms with E-state index in [1.807, 2.05) is 13.8 Å². The minimum Gasteiger partial charge on any atom is -0.393 e. The van der Waals surface area contributed by atoms with Gasteiger partial charge >= 0.3 is 0 Å². The van der Waals surface area contributed by atoms with Crippen LogP contribution in [-0.4, -0.2) is 33.1 Å². The van der Waals surface area contributed by atoms with Crippen molar-refractivity contribution in [2.45, 2.75) is 110 Å². The van der Waals surface area contributed by atoms with Crippen LogP contribution in [0.2, 0.25) is 0 Å². The molecule has 0 aromatic rings. The third-order valence-corrected chi connectivity index (χ3v) is 8.44. The summed E-state index contributed by atoms with van der Waals surface area (Å²) in [6, 6.07) is 0. The largest absolute Gasteiger partial charge is 0.393 e. The molecule has 3 saturated carbocycles. The lowest BCUT2D eigenvalue weighted by molar-refractivity contribution is 0.0596. The van der Waals surface area contributed by atoms with Crippen LogP contribution in [0.3, 0.4) is 0 Å². The van der Waals surface area contributed by atoms with Gasteiger partial charge in [-0.3, -0.25) is 0 Å². The summed E-state index contributed by atoms with van der Waals surface area (Å²) in [5.74, 6) is 2.11. The molecule has 0 bridgehead atoms. The van der Waals surface area contributed by atoms with Crippen molar-refractivity contribution in [3.05, 3.63) is 35.5 Å². The van der Waals surface area contributed by atoms with Crippen LogP contribution in [0.25, 0.3) is 0 Å². The van der Waals surface area contributed by atoms with Crippen molar-refractivity contribution in [1.29, 1.82) is 0 Å². The van der Waals surface area contributed by atoms with Crippen LogP contribution < -0.4 is 0 Å². The van der Waals surface area contributed by atoms with Crippen LogP contribution in [0.5, 0.6) is 0 Å². The van der Waals surface area contributed by atoms with Crippen molar-refractivity contribution in [2.75, 3.05) is 0 Å². The van der Waals surface area contributed by atoms with Gasteiger partial charge in [0.2, 0.25) is 0 Å². The minimum atomic E-state index is -0.615. The molecule has 0 saturated heterocycles. The predicted molar refractivity (Wildman–Crippen MR) is 124 cm³/mol. The van der Waals surface area contributed by atoms with Crippen molar-refractivity contribution < 1.29 is 15.3 Å². The summed E-state index contributed by atoms with van der Waals surface area (Å²) in [5.41, 5.74) is 3.17. The Morgan fingerprint density at radius 3 is 2.67 bits per heavy atom. The molecule has 6 atom stereocenters. The fourth-order valence-electron chi connectivity index (χ4n) is 6.74. The van der Waals surface area contributed by atoms with Gasteiger partial charge in [-0.15, -0.1) is 0 Å². The molecule has 0 unspecified atom stereocenters. The van der Waals surface area contributed by atoms with Gasteiger partial charge in [0.25, 0.3) is 0 Å². The van der Waals surface area contributed by atoms with Gasteiger partial charge in [0, 0.05) is 6.42 Å². The minimum absolute atomic E-state index is 0.374. The molecule has 3 nitrogen and oxygen atoms in total. The number of hydrogen-bond donors (Lipinski definition) is 3. The lowest BCUT2D eigenvalue weighted by Crippen LogP contribution is -2.36. The summed E-state index contributed by atoms with van der Waals surface area (Å²) in [6.07, 6.45) is 13.9. The molecule has 0 radical (unpaired) electrons. The molecule has 3 N–H and O–H groups in total. The molecule has 0 aromatic carbocycles. The summed E-state index contributed by atoms with van der Waals surface area (Å²) in [4.78, 5) is 0. The fourth-order valence-corrected chi connectivity index (χ4v) is 6.74. The summed E-state index contributed by atoms with van der Waals surface area (Å²) in [6.45, 7) is 12.8. The third kappa shape index (κ3) is 5.29. The maximum Gasteiger partial charge on any atom is 0.0811 e. The van der Waals surface area contributed by atoms with Gasteiger partial charge < -0.3 is 15.3 Å². The van der Waals surface area contributed by atoms with Gasteiger partial charge in [0.15, 0.2) is 0 Å². The van der Waals surface area contributed by atoms with Gasteiger partial charge in [-0.2, -0.15) is 0 Å². The Morgan fingerprint density at radius 2 is 1.97 bits per heavy atom. The number of allylic oxidation sites excluding steroid dienone is 3. The Morgan fingerprint density at radius 1 is 1.23 bits per heavy atom. The Kier molecular flexibility index (Phi) is 7.37. The number of aliphatic hydroxyl groups is 3. The lowest BCUT2D eigenvalue weighted by Gasteiger charge is -2.44. The third-order valence-electron chi connectivity index (χ3n) is 8.44. The van der Waals surface area contributed by atoms with E-state index in [2.05, 4.69) is 32.6 Å². The van der Waals surface area contributed by atoms with Crippen LogP contribution in [0.1, 0.15) is 91.9 Å². The van der Waals surface area contributed by atoms with E-state index >= 15 is 0 Å². The normalized spacial score (nSPS) is 38.8. The zero-order valence-corrected chi connectivity index (χ0v) is 19.7. The van der Waals surface area contributed by atoms with E-state index in [1.165, 1.54) is 38.5 Å². The Balaban J connectivity index is 1.70. The second kappa shape index (κ2) is 9.30. The molecule has 0 spiro atoms. The van der Waals surface area contributed by atoms with Crippen molar-refractivity contribution in [2.24, 2.45) is 23.2 Å². The first kappa shape index (κ1) is 23.8. The highest BCUT2D eigenvalue weighted by Gasteiger charge is 2.50. The van der Waals surface area contributed by atoms with E-state index in [-0.39, 0.29) is 0 Å². The maximum absolute atomic E-state index is 10.1. The number of aliphatic hydroxyl groups excluding tert-OH is 2. The molecule has 3 heteroatoms. The molecular weight excluding hydrogens is 372 g/mol. The van der Waals surface area contributed by atoms with E-state index in [4.69, 9.17) is 0 Å². The molecular formula is C27H44O3. The van der Waals surface area contributed by atoms with Gasteiger partial charge in [0.1, 0.15) is 0 Å². The van der Waals surface area contributed by atoms with Crippen LogP contribution >= 0.6 is 0 Å². The van der Waals surface area contributed by atoms with E-state index in [0.29, 0.717) is 30.1 Å². The van der Waals surface area contributed by atoms with Crippen LogP contribution in [0.15, 0.2) is 35.5 Å². The zero-order chi connectivity index (χ0) is 22.1. The predicted octanol–water partition coefficient (Wildman–Crippen LogP) is 5.70. The Bertz CT molecular complexity index is 683. The highest BCUT2D eigenvalue weighted by Crippen LogP contribution is 2.60. The van der Waals surface area contributed by atoms with Gasteiger partial charge in [-0.25, -0.2) is 0 Å². The van der Waals surface area contributed by atoms with Crippen molar-refractivity contribution in [3.8, 4) is 0 Å². The van der Waals surface area contributed by atoms with E-state index in [9.17, 15) is 15.3 Å². The molecule has 0 aliphatic heterocycles. The van der Waals surface area contributed by atoms with Crippen LogP contribution in [0, 0.1) is 23.2 Å². The van der Waals surface area contributed by atoms with E-state index in [1.54, 1.807) is 5.57 Å². The number of fused-ring (bicyclic) bond motifs is 1. The standard InChI is InChI=1S/C27H44O3/c1-18(8-6-14-26(3,4)30)23-12-13-24-20(9-7-15-27(23,24)5)10-11-21-16-22(28)17-25(29)19(21)2/h10-11,18,22-25,28-30H,2,6-9,12-17H2,1,3-5H3/b20-10+,21-11-/t18-,22-,23-,24+,25-,27-/m0/s1. The van der Waals surface area contributed by atoms with Crippen LogP contribution in [-0.2, 0) is 0 Å². The maximum atomic E-state index is 10.1. The first-order chi connectivity index (χ1) is 14.0. The number of rotatable bonds is 6. The van der Waals surface area contributed by atoms with Crippen molar-refractivity contribution >= 4 is 0 Å². The lowest BCUT2D eigenvalue weighted by atomic mass is 9.60. The van der Waals surface area contributed by atoms with Gasteiger partial charge in [-0.1, -0.05) is 51.0 Å². The molecule has 3 fully saturated rings. The zero-order valence-electron chi connectivity index (χ0n) is 19.7. The van der Waals surface area contributed by atoms with Crippen molar-refractivity contribution in [1.82, 2.24) is 0 Å². The smallest absolute Gasteiger partial charge is 0.0811 e. The molecule has 30 heavy (non-hydrogen) atoms.